The van der Waals surface area contributed by atoms with Crippen LogP contribution in [0, 0.1) is 5.82 Å². The molecule has 3 rings (SSSR count). The maximum atomic E-state index is 13.1. The van der Waals surface area contributed by atoms with Gasteiger partial charge in [0.1, 0.15) is 11.6 Å². The number of anilines is 1. The lowest BCUT2D eigenvalue weighted by molar-refractivity contribution is -0.115. The molecule has 5 nitrogen and oxygen atoms in total. The van der Waals surface area contributed by atoms with Gasteiger partial charge in [-0.15, -0.1) is 0 Å². The van der Waals surface area contributed by atoms with E-state index in [2.05, 4.69) is 15.3 Å². The van der Waals surface area contributed by atoms with Crippen molar-refractivity contribution in [3.63, 3.8) is 0 Å². The molecule has 0 bridgehead atoms. The first-order valence-corrected chi connectivity index (χ1v) is 9.27. The fourth-order valence-electron chi connectivity index (χ4n) is 2.32. The summed E-state index contributed by atoms with van der Waals surface area (Å²) in [6, 6.07) is 9.43. The summed E-state index contributed by atoms with van der Waals surface area (Å²) in [6.45, 7) is 4.27. The van der Waals surface area contributed by atoms with Crippen molar-refractivity contribution in [1.29, 1.82) is 0 Å². The zero-order chi connectivity index (χ0) is 18.7. The summed E-state index contributed by atoms with van der Waals surface area (Å²) in [5, 5.41) is 3.05. The maximum Gasteiger partial charge on any atom is 0.237 e. The van der Waals surface area contributed by atoms with Crippen LogP contribution in [0.15, 0.2) is 41.6 Å². The smallest absolute Gasteiger partial charge is 0.237 e. The van der Waals surface area contributed by atoms with Gasteiger partial charge in [-0.05, 0) is 44.2 Å². The van der Waals surface area contributed by atoms with Gasteiger partial charge in [-0.25, -0.2) is 9.37 Å². The average molecular weight is 394 g/mol. The monoisotopic (exact) mass is 393 g/mol. The second kappa shape index (κ2) is 7.97. The van der Waals surface area contributed by atoms with Crippen molar-refractivity contribution < 1.29 is 13.9 Å². The first-order chi connectivity index (χ1) is 12.5. The highest BCUT2D eigenvalue weighted by Gasteiger charge is 2.18. The number of amides is 1. The molecule has 3 aromatic rings. The molecule has 0 spiro atoms. The molecule has 1 unspecified atom stereocenters. The van der Waals surface area contributed by atoms with E-state index in [1.807, 2.05) is 25.1 Å². The summed E-state index contributed by atoms with van der Waals surface area (Å²) in [5.74, 6) is 0.0556. The first kappa shape index (κ1) is 18.5. The Morgan fingerprint density at radius 3 is 2.92 bits per heavy atom. The molecule has 1 atom stereocenters. The second-order valence-corrected chi connectivity index (χ2v) is 7.26. The van der Waals surface area contributed by atoms with E-state index in [4.69, 9.17) is 16.3 Å². The van der Waals surface area contributed by atoms with Crippen molar-refractivity contribution in [2.75, 3.05) is 11.9 Å². The molecule has 26 heavy (non-hydrogen) atoms. The molecule has 136 valence electrons. The highest BCUT2D eigenvalue weighted by Crippen LogP contribution is 2.28. The Morgan fingerprint density at radius 2 is 2.19 bits per heavy atom. The van der Waals surface area contributed by atoms with Crippen LogP contribution in [0.2, 0.25) is 5.02 Å². The van der Waals surface area contributed by atoms with E-state index in [0.29, 0.717) is 17.5 Å². The van der Waals surface area contributed by atoms with E-state index in [-0.39, 0.29) is 10.9 Å². The lowest BCUT2D eigenvalue weighted by atomic mass is 10.3. The normalized spacial score (nSPS) is 12.2. The number of hydrogen-bond donors (Lipinski definition) is 2. The Bertz CT molecular complexity index is 947. The maximum absolute atomic E-state index is 13.1. The molecule has 0 aliphatic rings. The molecular weight excluding hydrogens is 377 g/mol. The third-order valence-electron chi connectivity index (χ3n) is 3.59. The number of fused-ring (bicyclic) bond motifs is 1. The molecule has 2 N–H and O–H groups in total. The van der Waals surface area contributed by atoms with E-state index < -0.39 is 11.1 Å². The Labute approximate surface area is 159 Å². The number of hydrogen-bond acceptors (Lipinski definition) is 4. The molecule has 0 aliphatic carbocycles. The number of aromatic amines is 1. The van der Waals surface area contributed by atoms with Crippen LogP contribution in [0.25, 0.3) is 11.0 Å². The number of nitrogens with one attached hydrogen (secondary N) is 2. The number of aromatic nitrogens is 2. The topological polar surface area (TPSA) is 67.0 Å². The predicted molar refractivity (Wildman–Crippen MR) is 103 cm³/mol. The molecule has 2 aromatic carbocycles. The number of imidazole rings is 1. The molecule has 8 heteroatoms. The Kier molecular flexibility index (Phi) is 5.68. The zero-order valence-electron chi connectivity index (χ0n) is 14.2. The highest BCUT2D eigenvalue weighted by atomic mass is 35.5. The fraction of sp³-hybridized carbons (Fsp3) is 0.222. The number of nitrogens with zero attached hydrogens (tertiary/aromatic N) is 1. The zero-order valence-corrected chi connectivity index (χ0v) is 15.7. The van der Waals surface area contributed by atoms with Crippen molar-refractivity contribution in [3.05, 3.63) is 47.2 Å². The number of benzene rings is 2. The van der Waals surface area contributed by atoms with Crippen LogP contribution in [0.4, 0.5) is 10.1 Å². The van der Waals surface area contributed by atoms with Crippen LogP contribution in [0.5, 0.6) is 5.75 Å². The summed E-state index contributed by atoms with van der Waals surface area (Å²) in [5.41, 5.74) is 2.01. The molecular formula is C18H17ClFN3O2S. The summed E-state index contributed by atoms with van der Waals surface area (Å²) in [7, 11) is 0. The van der Waals surface area contributed by atoms with Gasteiger partial charge in [-0.3, -0.25) is 4.79 Å². The molecule has 1 amide bonds. The van der Waals surface area contributed by atoms with Crippen molar-refractivity contribution in [3.8, 4) is 5.75 Å². The van der Waals surface area contributed by atoms with Crippen molar-refractivity contribution >= 4 is 46.0 Å². The summed E-state index contributed by atoms with van der Waals surface area (Å²) < 4.78 is 18.6. The van der Waals surface area contributed by atoms with E-state index in [1.165, 1.54) is 23.9 Å². The molecule has 0 saturated heterocycles. The Hall–Kier alpha value is -2.25. The predicted octanol–water partition coefficient (Wildman–Crippen LogP) is 4.87. The largest absolute Gasteiger partial charge is 0.494 e. The van der Waals surface area contributed by atoms with Gasteiger partial charge >= 0.3 is 0 Å². The van der Waals surface area contributed by atoms with Crippen molar-refractivity contribution in [2.24, 2.45) is 0 Å². The average Bonchev–Trinajstić information content (AvgIpc) is 2.99. The van der Waals surface area contributed by atoms with Crippen molar-refractivity contribution in [1.82, 2.24) is 9.97 Å². The van der Waals surface area contributed by atoms with Gasteiger partial charge < -0.3 is 15.0 Å². The number of rotatable bonds is 6. The van der Waals surface area contributed by atoms with Gasteiger partial charge in [0.15, 0.2) is 5.16 Å². The summed E-state index contributed by atoms with van der Waals surface area (Å²) in [4.78, 5) is 20.0. The quantitative estimate of drug-likeness (QED) is 0.586. The van der Waals surface area contributed by atoms with Crippen LogP contribution in [0.3, 0.4) is 0 Å². The van der Waals surface area contributed by atoms with Gasteiger partial charge in [0.2, 0.25) is 5.91 Å². The summed E-state index contributed by atoms with van der Waals surface area (Å²) in [6.07, 6.45) is 0. The fourth-order valence-corrected chi connectivity index (χ4v) is 3.36. The molecule has 0 radical (unpaired) electrons. The van der Waals surface area contributed by atoms with Gasteiger partial charge in [0.25, 0.3) is 0 Å². The molecule has 1 heterocycles. The lowest BCUT2D eigenvalue weighted by Gasteiger charge is -2.11. The number of carbonyl (C=O) groups is 1. The van der Waals surface area contributed by atoms with Crippen LogP contribution in [-0.2, 0) is 4.79 Å². The van der Waals surface area contributed by atoms with E-state index in [1.54, 1.807) is 6.92 Å². The number of ether oxygens (including phenoxy) is 1. The van der Waals surface area contributed by atoms with Gasteiger partial charge in [0.05, 0.1) is 33.6 Å². The molecule has 1 aromatic heterocycles. The minimum absolute atomic E-state index is 0.155. The number of carbonyl (C=O) groups excluding carboxylic acids is 1. The minimum atomic E-state index is -0.455. The highest BCUT2D eigenvalue weighted by molar-refractivity contribution is 8.00. The van der Waals surface area contributed by atoms with Gasteiger partial charge in [-0.1, -0.05) is 23.4 Å². The van der Waals surface area contributed by atoms with Crippen LogP contribution in [0.1, 0.15) is 13.8 Å². The number of thioether (sulfide) groups is 1. The lowest BCUT2D eigenvalue weighted by Crippen LogP contribution is -2.22. The molecule has 0 saturated carbocycles. The van der Waals surface area contributed by atoms with Gasteiger partial charge in [-0.2, -0.15) is 0 Å². The van der Waals surface area contributed by atoms with Crippen LogP contribution < -0.4 is 10.1 Å². The SMILES string of the molecule is CCOc1ccc2nc(SC(C)C(=O)Nc3ccc(F)cc3Cl)[nH]c2c1. The number of halogens is 2. The first-order valence-electron chi connectivity index (χ1n) is 8.01. The van der Waals surface area contributed by atoms with E-state index in [9.17, 15) is 9.18 Å². The second-order valence-electron chi connectivity index (χ2n) is 5.53. The van der Waals surface area contributed by atoms with E-state index in [0.717, 1.165) is 22.8 Å². The van der Waals surface area contributed by atoms with Crippen LogP contribution >= 0.6 is 23.4 Å². The minimum Gasteiger partial charge on any atom is -0.494 e. The molecule has 0 aliphatic heterocycles. The third kappa shape index (κ3) is 4.28. The summed E-state index contributed by atoms with van der Waals surface area (Å²) >= 11 is 7.23. The van der Waals surface area contributed by atoms with Crippen LogP contribution in [-0.4, -0.2) is 27.7 Å². The van der Waals surface area contributed by atoms with Gasteiger partial charge in [0, 0.05) is 6.07 Å². The Morgan fingerprint density at radius 1 is 1.38 bits per heavy atom. The van der Waals surface area contributed by atoms with E-state index >= 15 is 0 Å². The molecule has 0 fully saturated rings. The third-order valence-corrected chi connectivity index (χ3v) is 4.89. The van der Waals surface area contributed by atoms with Crippen molar-refractivity contribution in [2.45, 2.75) is 24.3 Å². The Balaban J connectivity index is 1.69. The standard InChI is InChI=1S/C18H17ClFN3O2S/c1-3-25-12-5-7-15-16(9-12)23-18(22-15)26-10(2)17(24)21-14-6-4-11(20)8-13(14)19/h4-10H,3H2,1-2H3,(H,21,24)(H,22,23). The number of H-pyrrole nitrogens is 1.